The van der Waals surface area contributed by atoms with Gasteiger partial charge in [-0.3, -0.25) is 4.68 Å². The fourth-order valence-electron chi connectivity index (χ4n) is 2.07. The molecule has 0 saturated carbocycles. The maximum absolute atomic E-state index is 4.52. The predicted molar refractivity (Wildman–Crippen MR) is 78.4 cm³/mol. The van der Waals surface area contributed by atoms with E-state index in [1.54, 1.807) is 11.3 Å². The molecule has 0 spiro atoms. The first-order valence-corrected chi connectivity index (χ1v) is 7.67. The largest absolute Gasteiger partial charge is 0.305 e. The average molecular weight is 277 g/mol. The topological polar surface area (TPSA) is 29.9 Å². The lowest BCUT2D eigenvalue weighted by atomic mass is 10.2. The third kappa shape index (κ3) is 2.09. The molecule has 94 valence electrons. The van der Waals surface area contributed by atoms with Crippen molar-refractivity contribution in [2.45, 2.75) is 13.0 Å². The number of rotatable bonds is 4. The maximum atomic E-state index is 4.52. The van der Waals surface area contributed by atoms with Crippen LogP contribution < -0.4 is 5.32 Å². The first kappa shape index (κ1) is 11.9. The summed E-state index contributed by atoms with van der Waals surface area (Å²) in [6, 6.07) is 6.77. The van der Waals surface area contributed by atoms with E-state index in [1.165, 1.54) is 14.3 Å². The molecule has 5 heteroatoms. The molecule has 0 aliphatic rings. The molecule has 0 fully saturated rings. The van der Waals surface area contributed by atoms with E-state index in [9.17, 15) is 0 Å². The molecule has 0 aliphatic carbocycles. The highest BCUT2D eigenvalue weighted by molar-refractivity contribution is 7.27. The van der Waals surface area contributed by atoms with Gasteiger partial charge in [0, 0.05) is 27.5 Å². The van der Waals surface area contributed by atoms with E-state index in [-0.39, 0.29) is 6.04 Å². The first-order chi connectivity index (χ1) is 8.78. The monoisotopic (exact) mass is 277 g/mol. The zero-order chi connectivity index (χ0) is 12.5. The van der Waals surface area contributed by atoms with E-state index < -0.39 is 0 Å². The number of nitrogens with one attached hydrogen (secondary N) is 1. The van der Waals surface area contributed by atoms with Gasteiger partial charge in [0.15, 0.2) is 0 Å². The second kappa shape index (κ2) is 4.84. The van der Waals surface area contributed by atoms with Crippen LogP contribution in [0.25, 0.3) is 9.40 Å². The molecular weight excluding hydrogens is 262 g/mol. The van der Waals surface area contributed by atoms with Gasteiger partial charge in [-0.05, 0) is 30.1 Å². The summed E-state index contributed by atoms with van der Waals surface area (Å²) in [6.07, 6.45) is 2.00. The van der Waals surface area contributed by atoms with Crippen molar-refractivity contribution in [1.29, 1.82) is 0 Å². The van der Waals surface area contributed by atoms with Crippen LogP contribution in [0.5, 0.6) is 0 Å². The van der Waals surface area contributed by atoms with E-state index >= 15 is 0 Å². The number of nitrogens with zero attached hydrogens (tertiary/aromatic N) is 2. The molecule has 3 nitrogen and oxygen atoms in total. The molecule has 0 amide bonds. The van der Waals surface area contributed by atoms with Crippen LogP contribution in [0.2, 0.25) is 0 Å². The fraction of sp³-hybridized carbons (Fsp3) is 0.308. The van der Waals surface area contributed by atoms with Crippen molar-refractivity contribution in [2.24, 2.45) is 7.05 Å². The standard InChI is InChI=1S/C13H15N3S2/c1-3-14-13(9-4-6-16(2)15-9)12-8-11-10(18-12)5-7-17-11/h4-8,13-14H,3H2,1-2H3. The lowest BCUT2D eigenvalue weighted by Crippen LogP contribution is -2.21. The van der Waals surface area contributed by atoms with Crippen LogP contribution in [0.1, 0.15) is 23.5 Å². The molecule has 1 unspecified atom stereocenters. The molecule has 1 N–H and O–H groups in total. The molecule has 3 rings (SSSR count). The predicted octanol–water partition coefficient (Wildman–Crippen LogP) is 3.40. The van der Waals surface area contributed by atoms with E-state index in [1.807, 2.05) is 29.3 Å². The van der Waals surface area contributed by atoms with Crippen LogP contribution in [0.15, 0.2) is 29.8 Å². The maximum Gasteiger partial charge on any atom is 0.0864 e. The van der Waals surface area contributed by atoms with E-state index in [0.29, 0.717) is 0 Å². The molecule has 0 bridgehead atoms. The lowest BCUT2D eigenvalue weighted by molar-refractivity contribution is 0.607. The zero-order valence-corrected chi connectivity index (χ0v) is 12.0. The lowest BCUT2D eigenvalue weighted by Gasteiger charge is -2.13. The zero-order valence-electron chi connectivity index (χ0n) is 10.4. The van der Waals surface area contributed by atoms with Gasteiger partial charge in [-0.2, -0.15) is 5.10 Å². The molecule has 0 radical (unpaired) electrons. The number of aryl methyl sites for hydroxylation is 1. The third-order valence-corrected chi connectivity index (χ3v) is 5.04. The van der Waals surface area contributed by atoms with Gasteiger partial charge in [0.2, 0.25) is 0 Å². The van der Waals surface area contributed by atoms with Crippen molar-refractivity contribution in [2.75, 3.05) is 6.54 Å². The summed E-state index contributed by atoms with van der Waals surface area (Å²) in [5, 5.41) is 10.2. The van der Waals surface area contributed by atoms with Gasteiger partial charge in [-0.1, -0.05) is 6.92 Å². The quantitative estimate of drug-likeness (QED) is 0.792. The van der Waals surface area contributed by atoms with E-state index in [0.717, 1.165) is 12.2 Å². The summed E-state index contributed by atoms with van der Waals surface area (Å²) >= 11 is 3.66. The highest BCUT2D eigenvalue weighted by Gasteiger charge is 2.18. The minimum Gasteiger partial charge on any atom is -0.305 e. The normalized spacial score (nSPS) is 13.2. The van der Waals surface area contributed by atoms with Gasteiger partial charge in [-0.15, -0.1) is 22.7 Å². The SMILES string of the molecule is CCNC(c1ccn(C)n1)c1cc2sccc2s1. The van der Waals surface area contributed by atoms with Gasteiger partial charge in [0.05, 0.1) is 11.7 Å². The minimum absolute atomic E-state index is 0.209. The summed E-state index contributed by atoms with van der Waals surface area (Å²) in [4.78, 5) is 1.34. The summed E-state index contributed by atoms with van der Waals surface area (Å²) in [5.41, 5.74) is 1.09. The number of thiophene rings is 2. The highest BCUT2D eigenvalue weighted by atomic mass is 32.1. The van der Waals surface area contributed by atoms with Gasteiger partial charge in [0.25, 0.3) is 0 Å². The van der Waals surface area contributed by atoms with Crippen LogP contribution in [0.4, 0.5) is 0 Å². The second-order valence-electron chi connectivity index (χ2n) is 4.20. The Morgan fingerprint density at radius 3 is 2.94 bits per heavy atom. The molecule has 0 aliphatic heterocycles. The third-order valence-electron chi connectivity index (χ3n) is 2.88. The summed E-state index contributed by atoms with van der Waals surface area (Å²) in [6.45, 7) is 3.07. The molecule has 0 aromatic carbocycles. The van der Waals surface area contributed by atoms with Crippen molar-refractivity contribution >= 4 is 32.1 Å². The molecule has 18 heavy (non-hydrogen) atoms. The number of aromatic nitrogens is 2. The molecule has 3 heterocycles. The minimum atomic E-state index is 0.209. The van der Waals surface area contributed by atoms with E-state index in [2.05, 4.69) is 40.9 Å². The van der Waals surface area contributed by atoms with Gasteiger partial charge in [-0.25, -0.2) is 0 Å². The van der Waals surface area contributed by atoms with Crippen molar-refractivity contribution in [3.63, 3.8) is 0 Å². The average Bonchev–Trinajstić information content (AvgIpc) is 3.00. The Morgan fingerprint density at radius 1 is 1.39 bits per heavy atom. The van der Waals surface area contributed by atoms with Crippen molar-refractivity contribution in [3.05, 3.63) is 40.3 Å². The number of fused-ring (bicyclic) bond motifs is 1. The van der Waals surface area contributed by atoms with Gasteiger partial charge in [0.1, 0.15) is 0 Å². The Bertz CT molecular complexity index is 621. The van der Waals surface area contributed by atoms with Gasteiger partial charge >= 0.3 is 0 Å². The Labute approximate surface area is 114 Å². The number of hydrogen-bond donors (Lipinski definition) is 1. The van der Waals surface area contributed by atoms with E-state index in [4.69, 9.17) is 0 Å². The number of hydrogen-bond acceptors (Lipinski definition) is 4. The smallest absolute Gasteiger partial charge is 0.0864 e. The van der Waals surface area contributed by atoms with Crippen LogP contribution >= 0.6 is 22.7 Å². The molecular formula is C13H15N3S2. The Morgan fingerprint density at radius 2 is 2.28 bits per heavy atom. The second-order valence-corrected chi connectivity index (χ2v) is 6.27. The Hall–Kier alpha value is -1.17. The van der Waals surface area contributed by atoms with Crippen molar-refractivity contribution in [3.8, 4) is 0 Å². The molecule has 3 aromatic heterocycles. The summed E-state index contributed by atoms with van der Waals surface area (Å²) in [7, 11) is 1.96. The summed E-state index contributed by atoms with van der Waals surface area (Å²) in [5.74, 6) is 0. The van der Waals surface area contributed by atoms with Crippen molar-refractivity contribution < 1.29 is 0 Å². The molecule has 1 atom stereocenters. The van der Waals surface area contributed by atoms with Crippen molar-refractivity contribution in [1.82, 2.24) is 15.1 Å². The first-order valence-electron chi connectivity index (χ1n) is 5.98. The Kier molecular flexibility index (Phi) is 3.20. The highest BCUT2D eigenvalue weighted by Crippen LogP contribution is 2.35. The van der Waals surface area contributed by atoms with Gasteiger partial charge < -0.3 is 5.32 Å². The molecule has 0 saturated heterocycles. The fourth-order valence-corrected chi connectivity index (χ4v) is 4.28. The Balaban J connectivity index is 2.00. The van der Waals surface area contributed by atoms with Crippen LogP contribution in [-0.4, -0.2) is 16.3 Å². The summed E-state index contributed by atoms with van der Waals surface area (Å²) < 4.78 is 4.60. The van der Waals surface area contributed by atoms with Crippen LogP contribution in [-0.2, 0) is 7.05 Å². The van der Waals surface area contributed by atoms with Crippen LogP contribution in [0, 0.1) is 0 Å². The van der Waals surface area contributed by atoms with Crippen LogP contribution in [0.3, 0.4) is 0 Å². The molecule has 3 aromatic rings.